The van der Waals surface area contributed by atoms with Gasteiger partial charge in [-0.1, -0.05) is 47.6 Å². The quantitative estimate of drug-likeness (QED) is 0.522. The summed E-state index contributed by atoms with van der Waals surface area (Å²) in [7, 11) is 0. The average molecular weight is 224 g/mol. The maximum absolute atomic E-state index is 10.4. The third kappa shape index (κ3) is 4.03. The Bertz CT molecular complexity index is 271. The van der Waals surface area contributed by atoms with Gasteiger partial charge in [-0.15, -0.1) is 6.58 Å². The van der Waals surface area contributed by atoms with Gasteiger partial charge in [0.2, 0.25) is 0 Å². The molecule has 0 aliphatic carbocycles. The number of aliphatic hydroxyl groups is 1. The Kier molecular flexibility index (Phi) is 4.85. The van der Waals surface area contributed by atoms with Gasteiger partial charge in [-0.2, -0.15) is 0 Å². The molecule has 16 heavy (non-hydrogen) atoms. The second kappa shape index (κ2) is 5.07. The number of rotatable bonds is 3. The van der Waals surface area contributed by atoms with Crippen LogP contribution in [0.15, 0.2) is 24.0 Å². The molecule has 0 amide bonds. The third-order valence-electron chi connectivity index (χ3n) is 3.29. The lowest BCUT2D eigenvalue weighted by Gasteiger charge is -2.33. The van der Waals surface area contributed by atoms with Gasteiger partial charge in [-0.05, 0) is 29.7 Å². The molecule has 0 saturated heterocycles. The third-order valence-corrected chi connectivity index (χ3v) is 3.29. The monoisotopic (exact) mass is 224 g/mol. The molecule has 94 valence electrons. The van der Waals surface area contributed by atoms with E-state index in [1.54, 1.807) is 0 Å². The molecule has 0 aromatic carbocycles. The maximum atomic E-state index is 10.4. The molecule has 0 aliphatic rings. The van der Waals surface area contributed by atoms with E-state index in [0.717, 1.165) is 12.0 Å². The first kappa shape index (κ1) is 15.3. The van der Waals surface area contributed by atoms with Gasteiger partial charge in [-0.3, -0.25) is 0 Å². The van der Waals surface area contributed by atoms with Crippen LogP contribution in [0.4, 0.5) is 0 Å². The van der Waals surface area contributed by atoms with Gasteiger partial charge in [-0.25, -0.2) is 0 Å². The Morgan fingerprint density at radius 3 is 1.88 bits per heavy atom. The van der Waals surface area contributed by atoms with Crippen LogP contribution in [0.3, 0.4) is 0 Å². The molecule has 0 heterocycles. The van der Waals surface area contributed by atoms with Gasteiger partial charge < -0.3 is 5.11 Å². The van der Waals surface area contributed by atoms with Crippen molar-refractivity contribution in [3.63, 3.8) is 0 Å². The van der Waals surface area contributed by atoms with Crippen molar-refractivity contribution in [3.05, 3.63) is 24.0 Å². The molecule has 0 spiro atoms. The fourth-order valence-corrected chi connectivity index (χ4v) is 1.69. The summed E-state index contributed by atoms with van der Waals surface area (Å²) in [6.45, 7) is 18.7. The topological polar surface area (TPSA) is 20.2 Å². The van der Waals surface area contributed by atoms with Gasteiger partial charge in [0.15, 0.2) is 0 Å². The molecule has 1 heteroatoms. The largest absolute Gasteiger partial charge is 0.512 e. The highest BCUT2D eigenvalue weighted by Crippen LogP contribution is 2.38. The van der Waals surface area contributed by atoms with E-state index in [2.05, 4.69) is 48.1 Å². The molecular formula is C15H28O. The first-order chi connectivity index (χ1) is 7.01. The Morgan fingerprint density at radius 2 is 1.62 bits per heavy atom. The van der Waals surface area contributed by atoms with Crippen molar-refractivity contribution in [2.75, 3.05) is 0 Å². The average Bonchev–Trinajstić information content (AvgIpc) is 2.08. The lowest BCUT2D eigenvalue weighted by atomic mass is 9.74. The van der Waals surface area contributed by atoms with Crippen molar-refractivity contribution in [3.8, 4) is 0 Å². The van der Waals surface area contributed by atoms with Crippen LogP contribution in [0, 0.1) is 16.7 Å². The van der Waals surface area contributed by atoms with Gasteiger partial charge in [0.1, 0.15) is 0 Å². The van der Waals surface area contributed by atoms with Crippen LogP contribution in [0.1, 0.15) is 54.9 Å². The minimum atomic E-state index is 0.0226. The van der Waals surface area contributed by atoms with Gasteiger partial charge >= 0.3 is 0 Å². The van der Waals surface area contributed by atoms with Crippen molar-refractivity contribution < 1.29 is 5.11 Å². The highest BCUT2D eigenvalue weighted by atomic mass is 16.3. The van der Waals surface area contributed by atoms with E-state index in [9.17, 15) is 5.11 Å². The minimum absolute atomic E-state index is 0.0226. The summed E-state index contributed by atoms with van der Waals surface area (Å²) in [6.07, 6.45) is 2.71. The summed E-state index contributed by atoms with van der Waals surface area (Å²) in [5, 5.41) is 10.4. The highest BCUT2D eigenvalue weighted by Gasteiger charge is 2.30. The van der Waals surface area contributed by atoms with Crippen LogP contribution in [0.2, 0.25) is 0 Å². The van der Waals surface area contributed by atoms with Crippen LogP contribution >= 0.6 is 0 Å². The molecule has 1 atom stereocenters. The Labute approximate surface area is 101 Å². The number of aliphatic hydroxyl groups excluding tert-OH is 1. The number of allylic oxidation sites excluding steroid dienone is 3. The maximum Gasteiger partial charge on any atom is 0.0956 e. The summed E-state index contributed by atoms with van der Waals surface area (Å²) in [4.78, 5) is 0. The van der Waals surface area contributed by atoms with Crippen LogP contribution in [0.5, 0.6) is 0 Å². The summed E-state index contributed by atoms with van der Waals surface area (Å²) in [5.41, 5.74) is 1.16. The normalized spacial score (nSPS) is 16.7. The van der Waals surface area contributed by atoms with Crippen molar-refractivity contribution in [2.24, 2.45) is 16.7 Å². The summed E-state index contributed by atoms with van der Waals surface area (Å²) in [5.74, 6) is 0.698. The molecule has 1 unspecified atom stereocenters. The summed E-state index contributed by atoms with van der Waals surface area (Å²) >= 11 is 0. The molecular weight excluding hydrogens is 196 g/mol. The molecule has 1 nitrogen and oxygen atoms in total. The van der Waals surface area contributed by atoms with Crippen LogP contribution < -0.4 is 0 Å². The van der Waals surface area contributed by atoms with Crippen molar-refractivity contribution in [2.45, 2.75) is 54.9 Å². The Morgan fingerprint density at radius 1 is 1.19 bits per heavy atom. The Hall–Kier alpha value is -0.720. The highest BCUT2D eigenvalue weighted by molar-refractivity contribution is 5.17. The molecule has 0 bridgehead atoms. The van der Waals surface area contributed by atoms with Crippen molar-refractivity contribution >= 4 is 0 Å². The number of hydrogen-bond donors (Lipinski definition) is 1. The van der Waals surface area contributed by atoms with Crippen LogP contribution in [0.25, 0.3) is 0 Å². The Balaban J connectivity index is 5.32. The zero-order valence-corrected chi connectivity index (χ0v) is 12.0. The van der Waals surface area contributed by atoms with Gasteiger partial charge in [0.05, 0.1) is 5.76 Å². The molecule has 0 aromatic heterocycles. The molecule has 0 fully saturated rings. The molecule has 0 radical (unpaired) electrons. The standard InChI is InChI=1S/C15H28O/c1-9-10-12(15(6,7)8)13(16)11(2)14(3,4)5/h9,12,16H,1,10H2,2-8H3/b13-11-. The van der Waals surface area contributed by atoms with E-state index in [-0.39, 0.29) is 16.7 Å². The fourth-order valence-electron chi connectivity index (χ4n) is 1.69. The predicted molar refractivity (Wildman–Crippen MR) is 72.5 cm³/mol. The fraction of sp³-hybridized carbons (Fsp3) is 0.733. The first-order valence-electron chi connectivity index (χ1n) is 6.03. The summed E-state index contributed by atoms with van der Waals surface area (Å²) in [6, 6.07) is 0. The smallest absolute Gasteiger partial charge is 0.0956 e. The van der Waals surface area contributed by atoms with Gasteiger partial charge in [0.25, 0.3) is 0 Å². The predicted octanol–water partition coefficient (Wildman–Crippen LogP) is 5.10. The molecule has 0 aromatic rings. The summed E-state index contributed by atoms with van der Waals surface area (Å²) < 4.78 is 0. The van der Waals surface area contributed by atoms with Gasteiger partial charge in [0, 0.05) is 5.92 Å². The second-order valence-electron chi connectivity index (χ2n) is 6.70. The lowest BCUT2D eigenvalue weighted by molar-refractivity contribution is 0.193. The van der Waals surface area contributed by atoms with Crippen molar-refractivity contribution in [1.29, 1.82) is 0 Å². The van der Waals surface area contributed by atoms with E-state index in [4.69, 9.17) is 0 Å². The van der Waals surface area contributed by atoms with Crippen molar-refractivity contribution in [1.82, 2.24) is 0 Å². The van der Waals surface area contributed by atoms with E-state index in [0.29, 0.717) is 5.76 Å². The van der Waals surface area contributed by atoms with Crippen LogP contribution in [-0.4, -0.2) is 5.11 Å². The van der Waals surface area contributed by atoms with Crippen LogP contribution in [-0.2, 0) is 0 Å². The zero-order chi connectivity index (χ0) is 13.1. The molecule has 1 N–H and O–H groups in total. The SMILES string of the molecule is C=CCC(/C(O)=C(\C)C(C)(C)C)C(C)(C)C. The molecule has 0 saturated carbocycles. The number of hydrogen-bond acceptors (Lipinski definition) is 1. The zero-order valence-electron chi connectivity index (χ0n) is 12.0. The minimum Gasteiger partial charge on any atom is -0.512 e. The van der Waals surface area contributed by atoms with E-state index < -0.39 is 0 Å². The molecule has 0 aliphatic heterocycles. The molecule has 0 rings (SSSR count). The first-order valence-corrected chi connectivity index (χ1v) is 6.03. The second-order valence-corrected chi connectivity index (χ2v) is 6.70. The van der Waals surface area contributed by atoms with E-state index in [1.165, 1.54) is 0 Å². The van der Waals surface area contributed by atoms with E-state index in [1.807, 2.05) is 13.0 Å². The lowest BCUT2D eigenvalue weighted by Crippen LogP contribution is -2.25. The van der Waals surface area contributed by atoms with E-state index >= 15 is 0 Å².